The molecule has 13 heteroatoms. The van der Waals surface area contributed by atoms with Gasteiger partial charge in [0.2, 0.25) is 5.96 Å². The first-order valence-corrected chi connectivity index (χ1v) is 14.1. The molecule has 2 aliphatic heterocycles. The van der Waals surface area contributed by atoms with Gasteiger partial charge in [-0.1, -0.05) is 6.07 Å². The Kier molecular flexibility index (Phi) is 8.05. The summed E-state index contributed by atoms with van der Waals surface area (Å²) in [7, 11) is 0. The lowest BCUT2D eigenvalue weighted by molar-refractivity contribution is -0.150. The first-order valence-electron chi connectivity index (χ1n) is 13.2. The number of fused-ring (bicyclic) bond motifs is 1. The number of anilines is 1. The number of carboxylic acid groups (broad SMARTS) is 1. The van der Waals surface area contributed by atoms with Gasteiger partial charge in [-0.3, -0.25) is 10.1 Å². The van der Waals surface area contributed by atoms with Gasteiger partial charge < -0.3 is 25.7 Å². The summed E-state index contributed by atoms with van der Waals surface area (Å²) < 4.78 is 0.908. The quantitative estimate of drug-likeness (QED) is 0.290. The molecule has 2 aromatic heterocycles. The van der Waals surface area contributed by atoms with Gasteiger partial charge >= 0.3 is 12.0 Å². The van der Waals surface area contributed by atoms with Crippen molar-refractivity contribution in [3.8, 4) is 0 Å². The fourth-order valence-electron chi connectivity index (χ4n) is 5.25. The monoisotopic (exact) mass is 564 g/mol. The number of thiazole rings is 1. The number of carbonyl (C=O) groups is 2. The Morgan fingerprint density at radius 3 is 2.77 bits per heavy atom. The molecule has 5 rings (SSSR count). The van der Waals surface area contributed by atoms with Crippen LogP contribution in [0.25, 0.3) is 15.8 Å². The number of carboxylic acids is 1. The number of benzene rings is 1. The Hall–Kier alpha value is -3.94. The number of urea groups is 1. The lowest BCUT2D eigenvalue weighted by Gasteiger charge is -2.46. The van der Waals surface area contributed by atoms with Crippen molar-refractivity contribution in [2.75, 3.05) is 24.6 Å². The second-order valence-corrected chi connectivity index (χ2v) is 10.9. The molecule has 0 radical (unpaired) electrons. The highest BCUT2D eigenvalue weighted by Crippen LogP contribution is 2.41. The number of rotatable bonds is 7. The minimum absolute atomic E-state index is 0.0593. The van der Waals surface area contributed by atoms with E-state index in [1.807, 2.05) is 30.0 Å². The molecule has 3 unspecified atom stereocenters. The summed E-state index contributed by atoms with van der Waals surface area (Å²) in [6.45, 7) is 4.50. The molecule has 3 aromatic rings. The van der Waals surface area contributed by atoms with Gasteiger partial charge in [0.1, 0.15) is 5.82 Å². The van der Waals surface area contributed by atoms with Crippen LogP contribution in [-0.4, -0.2) is 74.9 Å². The van der Waals surface area contributed by atoms with Crippen LogP contribution in [0, 0.1) is 5.41 Å². The van der Waals surface area contributed by atoms with E-state index in [-0.39, 0.29) is 12.6 Å². The summed E-state index contributed by atoms with van der Waals surface area (Å²) in [6, 6.07) is 4.57. The number of aliphatic hydroxyl groups excluding tert-OH is 1. The highest BCUT2D eigenvalue weighted by Gasteiger charge is 2.46. The number of piperidine rings is 1. The minimum atomic E-state index is -0.938. The minimum Gasteiger partial charge on any atom is -0.481 e. The van der Waals surface area contributed by atoms with Crippen molar-refractivity contribution in [3.63, 3.8) is 0 Å². The summed E-state index contributed by atoms with van der Waals surface area (Å²) in [6.07, 6.45) is 6.25. The van der Waals surface area contributed by atoms with Gasteiger partial charge in [0, 0.05) is 48.7 Å². The Morgan fingerprint density at radius 2 is 2.05 bits per heavy atom. The molecule has 210 valence electrons. The van der Waals surface area contributed by atoms with Crippen LogP contribution in [0.3, 0.4) is 0 Å². The molecular weight excluding hydrogens is 532 g/mol. The lowest BCUT2D eigenvalue weighted by Crippen LogP contribution is -2.62. The number of nitrogens with one attached hydrogen (secondary N) is 3. The smallest absolute Gasteiger partial charge is 0.321 e. The van der Waals surface area contributed by atoms with Crippen LogP contribution in [0.2, 0.25) is 0 Å². The molecule has 0 bridgehead atoms. The molecule has 3 atom stereocenters. The van der Waals surface area contributed by atoms with E-state index in [0.717, 1.165) is 21.5 Å². The molecule has 2 amide bonds. The maximum atomic E-state index is 12.7. The molecular formula is C27H32N8O4S. The molecule has 0 aliphatic carbocycles. The standard InChI is InChI=1S/C27H32N8O4S/c1-3-28-26(39)34-25-32-14-17(16-12-30-21(7-10-36)31-13-16)22(19-11-27(2,24(37)38)8-9-29-19)35(25)20-6-4-5-18-23(20)40-15-33-18/h4-6,12-15,19,22,29,36H,3,7-11H2,1-2H3,(H,37,38)(H2,28,32,34,39). The molecule has 5 N–H and O–H groups in total. The Morgan fingerprint density at radius 1 is 1.25 bits per heavy atom. The highest BCUT2D eigenvalue weighted by atomic mass is 32.1. The average molecular weight is 565 g/mol. The number of amides is 2. The molecule has 4 heterocycles. The first kappa shape index (κ1) is 27.6. The molecule has 0 saturated carbocycles. The first-order chi connectivity index (χ1) is 19.3. The Bertz CT molecular complexity index is 1460. The van der Waals surface area contributed by atoms with Crippen molar-refractivity contribution >= 4 is 50.8 Å². The van der Waals surface area contributed by atoms with E-state index in [9.17, 15) is 19.8 Å². The summed E-state index contributed by atoms with van der Waals surface area (Å²) in [5.74, 6) is -0.0212. The zero-order chi connectivity index (χ0) is 28.3. The normalized spacial score (nSPS) is 22.9. The van der Waals surface area contributed by atoms with E-state index >= 15 is 0 Å². The van der Waals surface area contributed by atoms with Crippen molar-refractivity contribution in [2.24, 2.45) is 10.4 Å². The van der Waals surface area contributed by atoms with Crippen LogP contribution in [0.4, 0.5) is 10.5 Å². The molecule has 1 aromatic carbocycles. The molecule has 40 heavy (non-hydrogen) atoms. The summed E-state index contributed by atoms with van der Waals surface area (Å²) >= 11 is 1.48. The van der Waals surface area contributed by atoms with Crippen LogP contribution >= 0.6 is 11.3 Å². The van der Waals surface area contributed by atoms with Gasteiger partial charge in [-0.2, -0.15) is 0 Å². The number of aliphatic carboxylic acids is 1. The molecule has 1 fully saturated rings. The van der Waals surface area contributed by atoms with Crippen molar-refractivity contribution in [3.05, 3.63) is 53.7 Å². The second kappa shape index (κ2) is 11.7. The van der Waals surface area contributed by atoms with Gasteiger partial charge in [0.15, 0.2) is 0 Å². The summed E-state index contributed by atoms with van der Waals surface area (Å²) in [5, 5.41) is 28.6. The number of aliphatic hydroxyl groups is 1. The fraction of sp³-hybridized carbons (Fsp3) is 0.407. The van der Waals surface area contributed by atoms with Gasteiger partial charge in [-0.05, 0) is 45.4 Å². The van der Waals surface area contributed by atoms with Crippen LogP contribution in [0.15, 0.2) is 47.3 Å². The Balaban J connectivity index is 1.68. The number of hydrogen-bond donors (Lipinski definition) is 5. The van der Waals surface area contributed by atoms with Crippen molar-refractivity contribution in [1.29, 1.82) is 0 Å². The number of carbonyl (C=O) groups excluding carboxylic acids is 1. The molecule has 0 spiro atoms. The van der Waals surface area contributed by atoms with Crippen LogP contribution in [-0.2, 0) is 11.2 Å². The van der Waals surface area contributed by atoms with Gasteiger partial charge in [-0.15, -0.1) is 11.3 Å². The molecule has 2 aliphatic rings. The predicted molar refractivity (Wildman–Crippen MR) is 153 cm³/mol. The molecule has 12 nitrogen and oxygen atoms in total. The maximum absolute atomic E-state index is 12.7. The third-order valence-electron chi connectivity index (χ3n) is 7.33. The average Bonchev–Trinajstić information content (AvgIpc) is 3.43. The number of aromatic nitrogens is 3. The summed E-state index contributed by atoms with van der Waals surface area (Å²) in [4.78, 5) is 45.1. The van der Waals surface area contributed by atoms with E-state index in [0.29, 0.717) is 49.7 Å². The third kappa shape index (κ3) is 5.40. The van der Waals surface area contributed by atoms with Crippen molar-refractivity contribution < 1.29 is 19.8 Å². The van der Waals surface area contributed by atoms with Crippen LogP contribution < -0.4 is 20.9 Å². The van der Waals surface area contributed by atoms with Crippen LogP contribution in [0.1, 0.15) is 38.1 Å². The predicted octanol–water partition coefficient (Wildman–Crippen LogP) is 2.37. The Labute approximate surface area is 235 Å². The molecule has 1 saturated heterocycles. The SMILES string of the molecule is CCNC(=O)NC1=NC=C(c2cnc(CCO)nc2)C(C2CC(C)(C(=O)O)CCN2)N1c1cccc2ncsc12. The van der Waals surface area contributed by atoms with Crippen LogP contribution in [0.5, 0.6) is 0 Å². The van der Waals surface area contributed by atoms with E-state index in [1.54, 1.807) is 31.0 Å². The third-order valence-corrected chi connectivity index (χ3v) is 8.20. The fourth-order valence-corrected chi connectivity index (χ4v) is 6.05. The van der Waals surface area contributed by atoms with Gasteiger partial charge in [0.25, 0.3) is 0 Å². The number of aliphatic imine (C=N–C) groups is 1. The van der Waals surface area contributed by atoms with E-state index in [4.69, 9.17) is 0 Å². The van der Waals surface area contributed by atoms with E-state index in [1.165, 1.54) is 11.3 Å². The van der Waals surface area contributed by atoms with E-state index < -0.39 is 23.5 Å². The topological polar surface area (TPSA) is 165 Å². The zero-order valence-corrected chi connectivity index (χ0v) is 23.1. The highest BCUT2D eigenvalue weighted by molar-refractivity contribution is 7.17. The maximum Gasteiger partial charge on any atom is 0.321 e. The second-order valence-electron chi connectivity index (χ2n) is 10.1. The zero-order valence-electron chi connectivity index (χ0n) is 22.3. The van der Waals surface area contributed by atoms with Crippen molar-refractivity contribution in [2.45, 2.75) is 45.2 Å². The number of guanidine groups is 1. The van der Waals surface area contributed by atoms with Gasteiger partial charge in [0.05, 0.1) is 39.5 Å². The van der Waals surface area contributed by atoms with E-state index in [2.05, 4.69) is 35.9 Å². The lowest BCUT2D eigenvalue weighted by atomic mass is 9.74. The van der Waals surface area contributed by atoms with Gasteiger partial charge in [-0.25, -0.2) is 24.7 Å². The number of nitrogens with zero attached hydrogens (tertiary/aromatic N) is 5. The number of hydrogen-bond acceptors (Lipinski definition) is 10. The largest absolute Gasteiger partial charge is 0.481 e. The summed E-state index contributed by atoms with van der Waals surface area (Å²) in [5.41, 5.74) is 3.90. The van der Waals surface area contributed by atoms with Crippen molar-refractivity contribution in [1.82, 2.24) is 30.9 Å².